The Morgan fingerprint density at radius 1 is 1.42 bits per heavy atom. The summed E-state index contributed by atoms with van der Waals surface area (Å²) in [5.41, 5.74) is 1.23. The van der Waals surface area contributed by atoms with E-state index in [1.807, 2.05) is 6.20 Å². The summed E-state index contributed by atoms with van der Waals surface area (Å²) < 4.78 is 2.26. The van der Waals surface area contributed by atoms with Crippen molar-refractivity contribution in [3.8, 4) is 0 Å². The zero-order valence-electron chi connectivity index (χ0n) is 7.36. The van der Waals surface area contributed by atoms with Gasteiger partial charge in [0.15, 0.2) is 0 Å². The molecular weight excluding hydrogens is 329 g/mol. The number of hydrogen-bond acceptors (Lipinski definition) is 1. The minimum absolute atomic E-state index is 0.114. The molecule has 0 aromatic carbocycles. The Morgan fingerprint density at radius 3 is 2.42 bits per heavy atom. The number of pyridine rings is 1. The van der Waals surface area contributed by atoms with Crippen LogP contribution < -0.4 is 0 Å². The van der Waals surface area contributed by atoms with Crippen molar-refractivity contribution in [3.63, 3.8) is 0 Å². The normalized spacial score (nSPS) is 11.8. The monoisotopic (exact) mass is 339 g/mol. The van der Waals surface area contributed by atoms with Gasteiger partial charge in [0.2, 0.25) is 0 Å². The van der Waals surface area contributed by atoms with Crippen molar-refractivity contribution in [2.75, 3.05) is 0 Å². The lowest BCUT2D eigenvalue weighted by Crippen LogP contribution is -2.14. The molecule has 12 heavy (non-hydrogen) atoms. The molecule has 0 aliphatic carbocycles. The van der Waals surface area contributed by atoms with Gasteiger partial charge in [-0.05, 0) is 44.6 Å². The van der Waals surface area contributed by atoms with Crippen molar-refractivity contribution in [3.05, 3.63) is 26.0 Å². The first-order chi connectivity index (χ1) is 5.41. The van der Waals surface area contributed by atoms with E-state index < -0.39 is 0 Å². The predicted octanol–water partition coefficient (Wildman–Crippen LogP) is 3.75. The highest BCUT2D eigenvalue weighted by molar-refractivity contribution is 14.1. The summed E-state index contributed by atoms with van der Waals surface area (Å²) in [7, 11) is 0. The molecule has 0 aliphatic rings. The fourth-order valence-corrected chi connectivity index (χ4v) is 2.79. The van der Waals surface area contributed by atoms with Gasteiger partial charge in [-0.3, -0.25) is 4.98 Å². The molecule has 0 atom stereocenters. The van der Waals surface area contributed by atoms with Gasteiger partial charge >= 0.3 is 0 Å². The van der Waals surface area contributed by atoms with Crippen molar-refractivity contribution >= 4 is 38.5 Å². The smallest absolute Gasteiger partial charge is 0.0599 e. The topological polar surface area (TPSA) is 12.9 Å². The van der Waals surface area contributed by atoms with Gasteiger partial charge in [0.05, 0.1) is 5.69 Å². The Bertz CT molecular complexity index is 291. The summed E-state index contributed by atoms with van der Waals surface area (Å²) in [6.45, 7) is 6.48. The maximum absolute atomic E-state index is 4.39. The molecule has 1 rings (SSSR count). The van der Waals surface area contributed by atoms with Crippen LogP contribution >= 0.6 is 38.5 Å². The van der Waals surface area contributed by atoms with Crippen LogP contribution in [0.2, 0.25) is 0 Å². The second-order valence-electron chi connectivity index (χ2n) is 3.73. The van der Waals surface area contributed by atoms with E-state index in [-0.39, 0.29) is 5.41 Å². The van der Waals surface area contributed by atoms with E-state index in [1.54, 1.807) is 0 Å². The van der Waals surface area contributed by atoms with E-state index in [0.717, 1.165) is 13.7 Å². The van der Waals surface area contributed by atoms with Crippen LogP contribution in [0.15, 0.2) is 16.7 Å². The Kier molecular flexibility index (Phi) is 3.15. The SMILES string of the molecule is CC(C)(C)c1ncc(I)cc1Br. The molecule has 0 bridgehead atoms. The maximum Gasteiger partial charge on any atom is 0.0599 e. The summed E-state index contributed by atoms with van der Waals surface area (Å²) in [6, 6.07) is 2.09. The standard InChI is InChI=1S/C9H11BrIN/c1-9(2,3)8-7(10)4-6(11)5-12-8/h4-5H,1-3H3. The highest BCUT2D eigenvalue weighted by Crippen LogP contribution is 2.28. The van der Waals surface area contributed by atoms with Crippen LogP contribution in [-0.4, -0.2) is 4.98 Å². The summed E-state index contributed by atoms with van der Waals surface area (Å²) in [5.74, 6) is 0. The molecule has 0 fully saturated rings. The van der Waals surface area contributed by atoms with Gasteiger partial charge in [-0.2, -0.15) is 0 Å². The second-order valence-corrected chi connectivity index (χ2v) is 5.83. The minimum atomic E-state index is 0.114. The molecule has 1 heterocycles. The van der Waals surface area contributed by atoms with Gasteiger partial charge in [-0.15, -0.1) is 0 Å². The van der Waals surface area contributed by atoms with E-state index in [2.05, 4.69) is 70.3 Å². The summed E-state index contributed by atoms with van der Waals surface area (Å²) in [5, 5.41) is 0. The molecule has 1 nitrogen and oxygen atoms in total. The second kappa shape index (κ2) is 3.62. The zero-order valence-corrected chi connectivity index (χ0v) is 11.1. The Morgan fingerprint density at radius 2 is 2.00 bits per heavy atom. The van der Waals surface area contributed by atoms with Crippen LogP contribution in [-0.2, 0) is 5.41 Å². The fraction of sp³-hybridized carbons (Fsp3) is 0.444. The minimum Gasteiger partial charge on any atom is -0.258 e. The van der Waals surface area contributed by atoms with Gasteiger partial charge in [0.25, 0.3) is 0 Å². The van der Waals surface area contributed by atoms with Gasteiger partial charge in [0.1, 0.15) is 0 Å². The van der Waals surface area contributed by atoms with E-state index in [9.17, 15) is 0 Å². The molecule has 1 aromatic heterocycles. The molecule has 0 saturated carbocycles. The first kappa shape index (κ1) is 10.4. The molecule has 66 valence electrons. The van der Waals surface area contributed by atoms with Crippen molar-refractivity contribution < 1.29 is 0 Å². The van der Waals surface area contributed by atoms with Crippen molar-refractivity contribution in [1.29, 1.82) is 0 Å². The Balaban J connectivity index is 3.19. The van der Waals surface area contributed by atoms with Crippen LogP contribution in [0.4, 0.5) is 0 Å². The largest absolute Gasteiger partial charge is 0.258 e. The molecule has 0 unspecified atom stereocenters. The molecule has 0 N–H and O–H groups in total. The fourth-order valence-electron chi connectivity index (χ4n) is 0.966. The average molecular weight is 340 g/mol. The average Bonchev–Trinajstić information content (AvgIpc) is 1.83. The van der Waals surface area contributed by atoms with Gasteiger partial charge in [0, 0.05) is 19.7 Å². The lowest BCUT2D eigenvalue weighted by atomic mass is 9.92. The van der Waals surface area contributed by atoms with Gasteiger partial charge in [-0.1, -0.05) is 20.8 Å². The number of halogens is 2. The third-order valence-corrected chi connectivity index (χ3v) is 2.71. The summed E-state index contributed by atoms with van der Waals surface area (Å²) in [6.07, 6.45) is 1.89. The number of hydrogen-bond donors (Lipinski definition) is 0. The Hall–Kier alpha value is 0.360. The van der Waals surface area contributed by atoms with Crippen molar-refractivity contribution in [1.82, 2.24) is 4.98 Å². The number of rotatable bonds is 0. The molecule has 0 radical (unpaired) electrons. The van der Waals surface area contributed by atoms with E-state index >= 15 is 0 Å². The van der Waals surface area contributed by atoms with E-state index in [1.165, 1.54) is 0 Å². The molecule has 0 aliphatic heterocycles. The molecule has 3 heteroatoms. The van der Waals surface area contributed by atoms with E-state index in [0.29, 0.717) is 0 Å². The highest BCUT2D eigenvalue weighted by atomic mass is 127. The van der Waals surface area contributed by atoms with Crippen molar-refractivity contribution in [2.24, 2.45) is 0 Å². The quantitative estimate of drug-likeness (QED) is 0.656. The Labute approximate surface area is 95.2 Å². The highest BCUT2D eigenvalue weighted by Gasteiger charge is 2.18. The van der Waals surface area contributed by atoms with Crippen molar-refractivity contribution in [2.45, 2.75) is 26.2 Å². The molecule has 1 aromatic rings. The third-order valence-electron chi connectivity index (χ3n) is 1.52. The first-order valence-electron chi connectivity index (χ1n) is 3.73. The molecular formula is C9H11BrIN. The first-order valence-corrected chi connectivity index (χ1v) is 5.60. The maximum atomic E-state index is 4.39. The summed E-state index contributed by atoms with van der Waals surface area (Å²) in [4.78, 5) is 4.39. The predicted molar refractivity (Wildman–Crippen MR) is 63.4 cm³/mol. The number of nitrogens with zero attached hydrogens (tertiary/aromatic N) is 1. The zero-order chi connectivity index (χ0) is 9.35. The summed E-state index contributed by atoms with van der Waals surface area (Å²) >= 11 is 5.77. The van der Waals surface area contributed by atoms with Gasteiger partial charge < -0.3 is 0 Å². The number of aromatic nitrogens is 1. The molecule has 0 saturated heterocycles. The van der Waals surface area contributed by atoms with Crippen LogP contribution in [0.1, 0.15) is 26.5 Å². The van der Waals surface area contributed by atoms with Crippen LogP contribution in [0.3, 0.4) is 0 Å². The van der Waals surface area contributed by atoms with Crippen LogP contribution in [0.5, 0.6) is 0 Å². The van der Waals surface area contributed by atoms with Gasteiger partial charge in [-0.25, -0.2) is 0 Å². The molecule has 0 amide bonds. The van der Waals surface area contributed by atoms with Crippen LogP contribution in [0.25, 0.3) is 0 Å². The van der Waals surface area contributed by atoms with Crippen LogP contribution in [0, 0.1) is 3.57 Å². The lowest BCUT2D eigenvalue weighted by molar-refractivity contribution is 0.565. The lowest BCUT2D eigenvalue weighted by Gasteiger charge is -2.18. The van der Waals surface area contributed by atoms with E-state index in [4.69, 9.17) is 0 Å². The third kappa shape index (κ3) is 2.42. The molecule has 0 spiro atoms.